The zero-order chi connectivity index (χ0) is 18.0. The molecule has 0 aliphatic rings. The average Bonchev–Trinajstić information content (AvgIpc) is 2.86. The zero-order valence-electron chi connectivity index (χ0n) is 14.5. The van der Waals surface area contributed by atoms with Crippen LogP contribution < -0.4 is 5.56 Å². The van der Waals surface area contributed by atoms with E-state index in [-0.39, 0.29) is 5.56 Å². The molecule has 0 saturated carbocycles. The Hall–Kier alpha value is -2.45. The summed E-state index contributed by atoms with van der Waals surface area (Å²) in [6, 6.07) is 5.78. The van der Waals surface area contributed by atoms with Crippen molar-refractivity contribution in [1.29, 1.82) is 0 Å². The van der Waals surface area contributed by atoms with E-state index in [0.29, 0.717) is 35.1 Å². The van der Waals surface area contributed by atoms with Crippen molar-refractivity contribution in [2.45, 2.75) is 18.2 Å². The fraction of sp³-hybridized carbons (Fsp3) is 0.294. The standard InChI is InChI=1S/C17H20N6OS/c1-5-9-22-16(24)13-10-18-17(25-4)20-15(13)23(22)14-8-6-7-12(19-14)11-21(2)3/h5-8,10H,1,9,11H2,2-4H3. The topological polar surface area (TPSA) is 68.8 Å². The molecule has 7 nitrogen and oxygen atoms in total. The van der Waals surface area contributed by atoms with E-state index in [1.165, 1.54) is 11.8 Å². The van der Waals surface area contributed by atoms with Crippen LogP contribution >= 0.6 is 11.8 Å². The summed E-state index contributed by atoms with van der Waals surface area (Å²) in [4.78, 5) is 28.3. The lowest BCUT2D eigenvalue weighted by Crippen LogP contribution is -2.22. The highest BCUT2D eigenvalue weighted by Crippen LogP contribution is 2.17. The molecule has 0 aliphatic carbocycles. The molecule has 0 saturated heterocycles. The predicted octanol–water partition coefficient (Wildman–Crippen LogP) is 1.95. The Balaban J connectivity index is 2.28. The first-order valence-electron chi connectivity index (χ1n) is 7.79. The van der Waals surface area contributed by atoms with Crippen molar-refractivity contribution in [3.05, 3.63) is 53.1 Å². The van der Waals surface area contributed by atoms with E-state index >= 15 is 0 Å². The normalized spacial score (nSPS) is 11.4. The van der Waals surface area contributed by atoms with Gasteiger partial charge in [0.05, 0.1) is 12.2 Å². The maximum atomic E-state index is 12.7. The van der Waals surface area contributed by atoms with Gasteiger partial charge in [-0.3, -0.25) is 4.79 Å². The van der Waals surface area contributed by atoms with E-state index in [1.54, 1.807) is 21.6 Å². The summed E-state index contributed by atoms with van der Waals surface area (Å²) in [5.74, 6) is 0.652. The van der Waals surface area contributed by atoms with Crippen LogP contribution in [0.3, 0.4) is 0 Å². The van der Waals surface area contributed by atoms with Crippen LogP contribution in [-0.4, -0.2) is 49.6 Å². The van der Waals surface area contributed by atoms with E-state index in [0.717, 1.165) is 5.69 Å². The van der Waals surface area contributed by atoms with E-state index in [9.17, 15) is 4.79 Å². The van der Waals surface area contributed by atoms with Crippen molar-refractivity contribution < 1.29 is 0 Å². The van der Waals surface area contributed by atoms with Gasteiger partial charge in [0.2, 0.25) is 0 Å². The minimum absolute atomic E-state index is 0.151. The number of pyridine rings is 1. The van der Waals surface area contributed by atoms with Crippen LogP contribution in [0.1, 0.15) is 5.69 Å². The molecule has 0 amide bonds. The molecule has 25 heavy (non-hydrogen) atoms. The lowest BCUT2D eigenvalue weighted by atomic mass is 10.3. The van der Waals surface area contributed by atoms with Crippen LogP contribution in [0, 0.1) is 0 Å². The Kier molecular flexibility index (Phi) is 5.00. The molecule has 0 radical (unpaired) electrons. The first-order valence-corrected chi connectivity index (χ1v) is 9.02. The second kappa shape index (κ2) is 7.20. The summed E-state index contributed by atoms with van der Waals surface area (Å²) >= 11 is 1.43. The number of hydrogen-bond acceptors (Lipinski definition) is 6. The van der Waals surface area contributed by atoms with Crippen LogP contribution in [0.25, 0.3) is 16.9 Å². The molecule has 8 heteroatoms. The largest absolute Gasteiger partial charge is 0.304 e. The number of fused-ring (bicyclic) bond motifs is 1. The van der Waals surface area contributed by atoms with Crippen molar-refractivity contribution in [2.24, 2.45) is 0 Å². The molecule has 130 valence electrons. The van der Waals surface area contributed by atoms with E-state index < -0.39 is 0 Å². The molecule has 0 spiro atoms. The quantitative estimate of drug-likeness (QED) is 0.382. The van der Waals surface area contributed by atoms with Gasteiger partial charge in [-0.2, -0.15) is 0 Å². The van der Waals surface area contributed by atoms with Gasteiger partial charge < -0.3 is 4.90 Å². The summed E-state index contributed by atoms with van der Waals surface area (Å²) in [6.45, 7) is 4.83. The van der Waals surface area contributed by atoms with Gasteiger partial charge in [0, 0.05) is 12.7 Å². The number of nitrogens with zero attached hydrogens (tertiary/aromatic N) is 6. The van der Waals surface area contributed by atoms with Crippen LogP contribution in [0.4, 0.5) is 0 Å². The monoisotopic (exact) mass is 356 g/mol. The van der Waals surface area contributed by atoms with Crippen LogP contribution in [-0.2, 0) is 13.1 Å². The van der Waals surface area contributed by atoms with Crippen molar-refractivity contribution in [3.8, 4) is 5.82 Å². The third-order valence-corrected chi connectivity index (χ3v) is 4.19. The average molecular weight is 356 g/mol. The molecule has 3 aromatic rings. The molecule has 0 fully saturated rings. The predicted molar refractivity (Wildman–Crippen MR) is 100 cm³/mol. The van der Waals surface area contributed by atoms with Crippen LogP contribution in [0.15, 0.2) is 47.0 Å². The van der Waals surface area contributed by atoms with Gasteiger partial charge in [-0.25, -0.2) is 24.3 Å². The second-order valence-corrected chi connectivity index (χ2v) is 6.58. The van der Waals surface area contributed by atoms with Crippen molar-refractivity contribution in [3.63, 3.8) is 0 Å². The number of thioether (sulfide) groups is 1. The van der Waals surface area contributed by atoms with E-state index in [2.05, 4.69) is 16.5 Å². The minimum Gasteiger partial charge on any atom is -0.304 e. The van der Waals surface area contributed by atoms with Crippen LogP contribution in [0.2, 0.25) is 0 Å². The Morgan fingerprint density at radius 3 is 2.80 bits per heavy atom. The number of aromatic nitrogens is 5. The second-order valence-electron chi connectivity index (χ2n) is 5.81. The number of rotatable bonds is 6. The van der Waals surface area contributed by atoms with Crippen molar-refractivity contribution in [2.75, 3.05) is 20.4 Å². The highest BCUT2D eigenvalue weighted by molar-refractivity contribution is 7.98. The highest BCUT2D eigenvalue weighted by Gasteiger charge is 2.17. The van der Waals surface area contributed by atoms with Gasteiger partial charge in [-0.05, 0) is 32.5 Å². The Morgan fingerprint density at radius 1 is 1.32 bits per heavy atom. The maximum Gasteiger partial charge on any atom is 0.278 e. The summed E-state index contributed by atoms with van der Waals surface area (Å²) in [7, 11) is 3.98. The maximum absolute atomic E-state index is 12.7. The lowest BCUT2D eigenvalue weighted by molar-refractivity contribution is 0.396. The third-order valence-electron chi connectivity index (χ3n) is 3.63. The van der Waals surface area contributed by atoms with E-state index in [1.807, 2.05) is 43.5 Å². The van der Waals surface area contributed by atoms with Gasteiger partial charge in [0.25, 0.3) is 5.56 Å². The SMILES string of the molecule is C=CCn1c(=O)c2cnc(SC)nc2n1-c1cccc(CN(C)C)n1. The van der Waals surface area contributed by atoms with Gasteiger partial charge in [0.15, 0.2) is 16.6 Å². The molecule has 0 aliphatic heterocycles. The molecule has 3 rings (SSSR count). The molecular formula is C17H20N6OS. The molecule has 3 heterocycles. The molecule has 0 atom stereocenters. The Bertz CT molecular complexity index is 975. The van der Waals surface area contributed by atoms with Gasteiger partial charge in [-0.15, -0.1) is 6.58 Å². The summed E-state index contributed by atoms with van der Waals surface area (Å²) < 4.78 is 3.33. The molecule has 0 unspecified atom stereocenters. The third kappa shape index (κ3) is 3.35. The van der Waals surface area contributed by atoms with E-state index in [4.69, 9.17) is 4.98 Å². The Morgan fingerprint density at radius 2 is 2.12 bits per heavy atom. The molecular weight excluding hydrogens is 336 g/mol. The molecule has 0 N–H and O–H groups in total. The highest BCUT2D eigenvalue weighted by atomic mass is 32.2. The fourth-order valence-corrected chi connectivity index (χ4v) is 2.96. The number of allylic oxidation sites excluding steroid dienone is 1. The lowest BCUT2D eigenvalue weighted by Gasteiger charge is -2.13. The van der Waals surface area contributed by atoms with Gasteiger partial charge in [0.1, 0.15) is 5.39 Å². The summed E-state index contributed by atoms with van der Waals surface area (Å²) in [6.07, 6.45) is 5.17. The molecule has 0 bridgehead atoms. The minimum atomic E-state index is -0.151. The molecule has 0 aromatic carbocycles. The van der Waals surface area contributed by atoms with Crippen molar-refractivity contribution >= 4 is 22.8 Å². The fourth-order valence-electron chi connectivity index (χ4n) is 2.63. The summed E-state index contributed by atoms with van der Waals surface area (Å²) in [5, 5.41) is 1.08. The Labute approximate surface area is 150 Å². The first-order chi connectivity index (χ1) is 12.0. The van der Waals surface area contributed by atoms with Crippen molar-refractivity contribution in [1.82, 2.24) is 29.2 Å². The summed E-state index contributed by atoms with van der Waals surface area (Å²) in [5.41, 5.74) is 1.32. The zero-order valence-corrected chi connectivity index (χ0v) is 15.3. The smallest absolute Gasteiger partial charge is 0.278 e. The molecule has 3 aromatic heterocycles. The number of hydrogen-bond donors (Lipinski definition) is 0. The van der Waals surface area contributed by atoms with Gasteiger partial charge >= 0.3 is 0 Å². The van der Waals surface area contributed by atoms with Crippen LogP contribution in [0.5, 0.6) is 0 Å². The van der Waals surface area contributed by atoms with Gasteiger partial charge in [-0.1, -0.05) is 23.9 Å². The first kappa shape index (κ1) is 17.4.